The van der Waals surface area contributed by atoms with E-state index in [0.717, 1.165) is 23.5 Å². The predicted molar refractivity (Wildman–Crippen MR) is 114 cm³/mol. The maximum Gasteiger partial charge on any atom is 0.106 e. The van der Waals surface area contributed by atoms with E-state index in [1.807, 2.05) is 43.5 Å². The Morgan fingerprint density at radius 1 is 1.15 bits per heavy atom. The fourth-order valence-corrected chi connectivity index (χ4v) is 3.85. The van der Waals surface area contributed by atoms with Gasteiger partial charge in [-0.25, -0.2) is 4.98 Å². The smallest absolute Gasteiger partial charge is 0.106 e. The molecule has 3 aromatic rings. The lowest BCUT2D eigenvalue weighted by Gasteiger charge is -2.21. The highest BCUT2D eigenvalue weighted by Gasteiger charge is 2.20. The van der Waals surface area contributed by atoms with Gasteiger partial charge in [-0.15, -0.1) is 0 Å². The monoisotopic (exact) mass is 420 g/mol. The molecular formula is C20H19Cl3N4. The lowest BCUT2D eigenvalue weighted by molar-refractivity contribution is 0.600. The van der Waals surface area contributed by atoms with Crippen molar-refractivity contribution in [3.63, 3.8) is 0 Å². The number of rotatable bonds is 6. The number of hydrogen-bond acceptors (Lipinski definition) is 3. The number of hydrogen-bond donors (Lipinski definition) is 1. The standard InChI is InChI=1S/C20H19Cl3N4/c1-3-18(27-10-9-24-13(27)2)19(14-7-5-4-6-8-14)25-26-20-16(22)11-15(21)12-17(20)23/h4-12,18,26H,3H2,1-2H3/b25-19-. The summed E-state index contributed by atoms with van der Waals surface area (Å²) in [6.07, 6.45) is 4.60. The van der Waals surface area contributed by atoms with E-state index < -0.39 is 0 Å². The van der Waals surface area contributed by atoms with Crippen molar-refractivity contribution in [2.45, 2.75) is 26.3 Å². The number of halogens is 3. The topological polar surface area (TPSA) is 42.2 Å². The Labute approximate surface area is 173 Å². The van der Waals surface area contributed by atoms with E-state index in [4.69, 9.17) is 34.8 Å². The molecule has 1 N–H and O–H groups in total. The molecular weight excluding hydrogens is 403 g/mol. The van der Waals surface area contributed by atoms with Gasteiger partial charge >= 0.3 is 0 Å². The fourth-order valence-electron chi connectivity index (χ4n) is 2.94. The zero-order valence-electron chi connectivity index (χ0n) is 15.0. The fraction of sp³-hybridized carbons (Fsp3) is 0.200. The second kappa shape index (κ2) is 8.79. The lowest BCUT2D eigenvalue weighted by atomic mass is 10.0. The first kappa shape index (κ1) is 19.7. The first-order chi connectivity index (χ1) is 13.0. The summed E-state index contributed by atoms with van der Waals surface area (Å²) in [5.41, 5.74) is 5.42. The van der Waals surface area contributed by atoms with Crippen LogP contribution in [-0.2, 0) is 0 Å². The van der Waals surface area contributed by atoms with Crippen LogP contribution < -0.4 is 5.43 Å². The van der Waals surface area contributed by atoms with Crippen LogP contribution in [0, 0.1) is 6.92 Å². The normalized spacial score (nSPS) is 12.9. The van der Waals surface area contributed by atoms with Crippen molar-refractivity contribution in [1.82, 2.24) is 9.55 Å². The second-order valence-corrected chi connectivity index (χ2v) is 7.28. The minimum absolute atomic E-state index is 0.00671. The molecule has 1 atom stereocenters. The molecule has 0 aliphatic carbocycles. The van der Waals surface area contributed by atoms with E-state index in [9.17, 15) is 0 Å². The molecule has 27 heavy (non-hydrogen) atoms. The summed E-state index contributed by atoms with van der Waals surface area (Å²) < 4.78 is 2.11. The van der Waals surface area contributed by atoms with Gasteiger partial charge in [0.2, 0.25) is 0 Å². The van der Waals surface area contributed by atoms with Crippen molar-refractivity contribution >= 4 is 46.2 Å². The molecule has 2 aromatic carbocycles. The summed E-state index contributed by atoms with van der Waals surface area (Å²) in [6.45, 7) is 4.09. The summed E-state index contributed by atoms with van der Waals surface area (Å²) in [4.78, 5) is 4.35. The van der Waals surface area contributed by atoms with Crippen molar-refractivity contribution in [3.05, 3.63) is 81.3 Å². The Kier molecular flexibility index (Phi) is 6.42. The van der Waals surface area contributed by atoms with Crippen molar-refractivity contribution in [2.24, 2.45) is 5.10 Å². The molecule has 0 saturated heterocycles. The largest absolute Gasteiger partial charge is 0.326 e. The Bertz CT molecular complexity index is 928. The van der Waals surface area contributed by atoms with Crippen molar-refractivity contribution in [1.29, 1.82) is 0 Å². The van der Waals surface area contributed by atoms with Crippen LogP contribution >= 0.6 is 34.8 Å². The van der Waals surface area contributed by atoms with Crippen LogP contribution in [0.25, 0.3) is 0 Å². The lowest BCUT2D eigenvalue weighted by Crippen LogP contribution is -2.22. The van der Waals surface area contributed by atoms with E-state index in [-0.39, 0.29) is 6.04 Å². The first-order valence-corrected chi connectivity index (χ1v) is 9.67. The Morgan fingerprint density at radius 2 is 1.81 bits per heavy atom. The van der Waals surface area contributed by atoms with Crippen LogP contribution in [0.1, 0.15) is 30.8 Å². The summed E-state index contributed by atoms with van der Waals surface area (Å²) in [5, 5.41) is 5.99. The van der Waals surface area contributed by atoms with Gasteiger partial charge in [-0.05, 0) is 31.0 Å². The SMILES string of the molecule is CCC(/C(=N\Nc1c(Cl)cc(Cl)cc1Cl)c1ccccc1)n1ccnc1C. The first-order valence-electron chi connectivity index (χ1n) is 8.54. The predicted octanol–water partition coefficient (Wildman–Crippen LogP) is 6.62. The molecule has 4 nitrogen and oxygen atoms in total. The van der Waals surface area contributed by atoms with Gasteiger partial charge in [-0.3, -0.25) is 5.43 Å². The molecule has 0 spiro atoms. The van der Waals surface area contributed by atoms with Gasteiger partial charge in [-0.2, -0.15) is 5.10 Å². The average molecular weight is 422 g/mol. The van der Waals surface area contributed by atoms with E-state index in [0.29, 0.717) is 20.8 Å². The molecule has 0 amide bonds. The maximum absolute atomic E-state index is 6.29. The van der Waals surface area contributed by atoms with Crippen LogP contribution in [0.2, 0.25) is 15.1 Å². The minimum atomic E-state index is 0.00671. The molecule has 1 unspecified atom stereocenters. The molecule has 1 heterocycles. The summed E-state index contributed by atoms with van der Waals surface area (Å²) in [6, 6.07) is 13.3. The number of benzene rings is 2. The Balaban J connectivity index is 2.05. The van der Waals surface area contributed by atoms with Crippen LogP contribution in [0.3, 0.4) is 0 Å². The quantitative estimate of drug-likeness (QED) is 0.359. The third-order valence-electron chi connectivity index (χ3n) is 4.27. The zero-order valence-corrected chi connectivity index (χ0v) is 17.2. The van der Waals surface area contributed by atoms with E-state index in [1.165, 1.54) is 0 Å². The van der Waals surface area contributed by atoms with Crippen LogP contribution in [0.15, 0.2) is 60.0 Å². The Hall–Kier alpha value is -2.01. The van der Waals surface area contributed by atoms with Gasteiger partial charge in [0.25, 0.3) is 0 Å². The maximum atomic E-state index is 6.29. The van der Waals surface area contributed by atoms with Crippen LogP contribution in [0.5, 0.6) is 0 Å². The van der Waals surface area contributed by atoms with Crippen LogP contribution in [0.4, 0.5) is 5.69 Å². The molecule has 1 aromatic heterocycles. The summed E-state index contributed by atoms with van der Waals surface area (Å²) in [5.74, 6) is 0.924. The van der Waals surface area contributed by atoms with Crippen LogP contribution in [-0.4, -0.2) is 15.3 Å². The number of aromatic nitrogens is 2. The van der Waals surface area contributed by atoms with Gasteiger partial charge in [0.05, 0.1) is 27.5 Å². The number of nitrogens with one attached hydrogen (secondary N) is 1. The van der Waals surface area contributed by atoms with E-state index in [2.05, 4.69) is 27.0 Å². The number of hydrazone groups is 1. The number of nitrogens with zero attached hydrogens (tertiary/aromatic N) is 3. The number of imidazole rings is 1. The van der Waals surface area contributed by atoms with Crippen molar-refractivity contribution in [3.8, 4) is 0 Å². The van der Waals surface area contributed by atoms with Gasteiger partial charge in [0, 0.05) is 17.4 Å². The third-order valence-corrected chi connectivity index (χ3v) is 5.08. The highest BCUT2D eigenvalue weighted by Crippen LogP contribution is 2.34. The van der Waals surface area contributed by atoms with Gasteiger partial charge in [-0.1, -0.05) is 72.1 Å². The Morgan fingerprint density at radius 3 is 2.37 bits per heavy atom. The summed E-state index contributed by atoms with van der Waals surface area (Å²) in [7, 11) is 0. The molecule has 0 saturated carbocycles. The molecule has 0 aliphatic rings. The molecule has 7 heteroatoms. The van der Waals surface area contributed by atoms with Gasteiger partial charge in [0.15, 0.2) is 0 Å². The van der Waals surface area contributed by atoms with Gasteiger partial charge < -0.3 is 4.57 Å². The minimum Gasteiger partial charge on any atom is -0.326 e. The third kappa shape index (κ3) is 4.46. The summed E-state index contributed by atoms with van der Waals surface area (Å²) >= 11 is 18.6. The van der Waals surface area contributed by atoms with E-state index in [1.54, 1.807) is 18.3 Å². The molecule has 140 valence electrons. The molecule has 0 fully saturated rings. The highest BCUT2D eigenvalue weighted by molar-refractivity contribution is 6.41. The zero-order chi connectivity index (χ0) is 19.4. The molecule has 3 rings (SSSR count). The van der Waals surface area contributed by atoms with Gasteiger partial charge in [0.1, 0.15) is 5.82 Å². The second-order valence-electron chi connectivity index (χ2n) is 6.03. The number of anilines is 1. The number of aryl methyl sites for hydroxylation is 1. The molecule has 0 bridgehead atoms. The van der Waals surface area contributed by atoms with Crippen molar-refractivity contribution in [2.75, 3.05) is 5.43 Å². The average Bonchev–Trinajstić information content (AvgIpc) is 3.06. The highest BCUT2D eigenvalue weighted by atomic mass is 35.5. The molecule has 0 radical (unpaired) electrons. The molecule has 0 aliphatic heterocycles. The van der Waals surface area contributed by atoms with Crippen molar-refractivity contribution < 1.29 is 0 Å². The van der Waals surface area contributed by atoms with E-state index >= 15 is 0 Å².